The van der Waals surface area contributed by atoms with E-state index in [-0.39, 0.29) is 18.0 Å². The largest absolute Gasteiger partial charge is 0.371 e. The van der Waals surface area contributed by atoms with E-state index in [1.807, 2.05) is 0 Å². The number of imide groups is 1. The fraction of sp³-hybridized carbons (Fsp3) is 0.714. The molecule has 2 aliphatic rings. The van der Waals surface area contributed by atoms with Crippen molar-refractivity contribution in [2.45, 2.75) is 12.5 Å². The van der Waals surface area contributed by atoms with Crippen LogP contribution in [0.5, 0.6) is 0 Å². The number of ether oxygens (including phenoxy) is 1. The van der Waals surface area contributed by atoms with Crippen molar-refractivity contribution >= 4 is 11.9 Å². The molecule has 66 valence electrons. The number of epoxide rings is 1. The molecule has 0 aliphatic carbocycles. The standard InChI is InChI=1S/C7H10N2O3/c10-6-1-2-9(7(11)8-6)3-5-4-12-5/h5H,1-4H2,(H,8,10,11). The topological polar surface area (TPSA) is 61.9 Å². The van der Waals surface area contributed by atoms with Gasteiger partial charge in [-0.15, -0.1) is 0 Å². The summed E-state index contributed by atoms with van der Waals surface area (Å²) in [6.45, 7) is 1.86. The zero-order valence-electron chi connectivity index (χ0n) is 6.58. The van der Waals surface area contributed by atoms with Gasteiger partial charge >= 0.3 is 6.03 Å². The molecule has 5 heteroatoms. The van der Waals surface area contributed by atoms with Crippen molar-refractivity contribution < 1.29 is 14.3 Å². The predicted molar refractivity (Wildman–Crippen MR) is 39.5 cm³/mol. The Morgan fingerprint density at radius 2 is 2.33 bits per heavy atom. The number of rotatable bonds is 2. The summed E-state index contributed by atoms with van der Waals surface area (Å²) in [4.78, 5) is 23.4. The van der Waals surface area contributed by atoms with Gasteiger partial charge < -0.3 is 9.64 Å². The fourth-order valence-corrected chi connectivity index (χ4v) is 1.19. The van der Waals surface area contributed by atoms with Crippen LogP contribution in [-0.4, -0.2) is 42.6 Å². The van der Waals surface area contributed by atoms with Gasteiger partial charge in [0.05, 0.1) is 19.3 Å². The smallest absolute Gasteiger partial charge is 0.324 e. The van der Waals surface area contributed by atoms with Gasteiger partial charge in [0.2, 0.25) is 5.91 Å². The van der Waals surface area contributed by atoms with E-state index in [0.717, 1.165) is 6.61 Å². The first-order chi connectivity index (χ1) is 5.75. The first-order valence-electron chi connectivity index (χ1n) is 3.96. The summed E-state index contributed by atoms with van der Waals surface area (Å²) in [6, 6.07) is -0.290. The van der Waals surface area contributed by atoms with Crippen molar-refractivity contribution in [1.29, 1.82) is 0 Å². The average Bonchev–Trinajstić information content (AvgIpc) is 2.79. The van der Waals surface area contributed by atoms with Crippen molar-refractivity contribution in [2.24, 2.45) is 0 Å². The third kappa shape index (κ3) is 1.55. The summed E-state index contributed by atoms with van der Waals surface area (Å²) >= 11 is 0. The van der Waals surface area contributed by atoms with E-state index in [1.165, 1.54) is 0 Å². The Morgan fingerprint density at radius 1 is 1.58 bits per heavy atom. The van der Waals surface area contributed by atoms with Gasteiger partial charge in [0, 0.05) is 13.0 Å². The number of carbonyl (C=O) groups is 2. The molecule has 0 aromatic rings. The van der Waals surface area contributed by atoms with E-state index in [9.17, 15) is 9.59 Å². The number of hydrogen-bond acceptors (Lipinski definition) is 3. The quantitative estimate of drug-likeness (QED) is 0.559. The molecule has 2 rings (SSSR count). The lowest BCUT2D eigenvalue weighted by Crippen LogP contribution is -2.50. The van der Waals surface area contributed by atoms with E-state index in [2.05, 4.69) is 5.32 Å². The second-order valence-electron chi connectivity index (χ2n) is 3.00. The predicted octanol–water partition coefficient (Wildman–Crippen LogP) is -0.673. The van der Waals surface area contributed by atoms with Crippen LogP contribution < -0.4 is 5.32 Å². The molecule has 5 nitrogen and oxygen atoms in total. The SMILES string of the molecule is O=C1CCN(CC2CO2)C(=O)N1. The van der Waals surface area contributed by atoms with Crippen LogP contribution in [0.25, 0.3) is 0 Å². The molecule has 0 saturated carbocycles. The fourth-order valence-electron chi connectivity index (χ4n) is 1.19. The molecule has 2 fully saturated rings. The summed E-state index contributed by atoms with van der Waals surface area (Å²) in [5.41, 5.74) is 0. The van der Waals surface area contributed by atoms with Gasteiger partial charge in [-0.25, -0.2) is 4.79 Å². The van der Waals surface area contributed by atoms with Gasteiger partial charge in [-0.05, 0) is 0 Å². The number of hydrogen-bond donors (Lipinski definition) is 1. The van der Waals surface area contributed by atoms with Crippen LogP contribution in [0, 0.1) is 0 Å². The zero-order valence-corrected chi connectivity index (χ0v) is 6.58. The summed E-state index contributed by atoms with van der Waals surface area (Å²) in [5.74, 6) is -0.187. The van der Waals surface area contributed by atoms with Gasteiger partial charge in [-0.2, -0.15) is 0 Å². The van der Waals surface area contributed by atoms with Crippen LogP contribution in [0.3, 0.4) is 0 Å². The summed E-state index contributed by atoms with van der Waals surface area (Å²) in [6.07, 6.45) is 0.599. The summed E-state index contributed by atoms with van der Waals surface area (Å²) in [7, 11) is 0. The molecule has 1 atom stereocenters. The van der Waals surface area contributed by atoms with Crippen molar-refractivity contribution in [1.82, 2.24) is 10.2 Å². The van der Waals surface area contributed by atoms with Crippen LogP contribution in [0.15, 0.2) is 0 Å². The summed E-state index contributed by atoms with van der Waals surface area (Å²) < 4.78 is 4.98. The molecular weight excluding hydrogens is 160 g/mol. The highest BCUT2D eigenvalue weighted by atomic mass is 16.6. The highest BCUT2D eigenvalue weighted by Gasteiger charge is 2.30. The molecule has 0 radical (unpaired) electrons. The zero-order chi connectivity index (χ0) is 8.55. The Hall–Kier alpha value is -1.10. The average molecular weight is 170 g/mol. The van der Waals surface area contributed by atoms with E-state index in [0.29, 0.717) is 19.5 Å². The Kier molecular flexibility index (Phi) is 1.73. The van der Waals surface area contributed by atoms with Crippen molar-refractivity contribution in [2.75, 3.05) is 19.7 Å². The third-order valence-corrected chi connectivity index (χ3v) is 1.97. The van der Waals surface area contributed by atoms with Crippen LogP contribution in [0.1, 0.15) is 6.42 Å². The highest BCUT2D eigenvalue weighted by molar-refractivity contribution is 5.96. The number of urea groups is 1. The molecule has 0 spiro atoms. The van der Waals surface area contributed by atoms with Crippen molar-refractivity contribution in [3.8, 4) is 0 Å². The van der Waals surface area contributed by atoms with E-state index in [4.69, 9.17) is 4.74 Å². The molecule has 3 amide bonds. The number of carbonyl (C=O) groups excluding carboxylic acids is 2. The number of nitrogens with one attached hydrogen (secondary N) is 1. The van der Waals surface area contributed by atoms with Crippen LogP contribution in [0.4, 0.5) is 4.79 Å². The number of nitrogens with zero attached hydrogens (tertiary/aromatic N) is 1. The van der Waals surface area contributed by atoms with E-state index < -0.39 is 0 Å². The molecule has 0 aromatic heterocycles. The minimum atomic E-state index is -0.290. The first kappa shape index (κ1) is 7.54. The van der Waals surface area contributed by atoms with E-state index in [1.54, 1.807) is 4.90 Å². The lowest BCUT2D eigenvalue weighted by Gasteiger charge is -2.25. The van der Waals surface area contributed by atoms with Gasteiger partial charge in [-0.1, -0.05) is 0 Å². The molecule has 0 aromatic carbocycles. The third-order valence-electron chi connectivity index (χ3n) is 1.97. The minimum absolute atomic E-state index is 0.187. The van der Waals surface area contributed by atoms with Crippen molar-refractivity contribution in [3.63, 3.8) is 0 Å². The molecule has 0 bridgehead atoms. The Labute approximate surface area is 69.7 Å². The Balaban J connectivity index is 1.88. The lowest BCUT2D eigenvalue weighted by molar-refractivity contribution is -0.121. The Morgan fingerprint density at radius 3 is 2.92 bits per heavy atom. The number of amides is 3. The lowest BCUT2D eigenvalue weighted by atomic mass is 10.3. The van der Waals surface area contributed by atoms with Gasteiger partial charge in [-0.3, -0.25) is 10.1 Å². The molecule has 1 N–H and O–H groups in total. The molecule has 12 heavy (non-hydrogen) atoms. The normalized spacial score (nSPS) is 28.7. The monoisotopic (exact) mass is 170 g/mol. The van der Waals surface area contributed by atoms with Crippen LogP contribution in [0.2, 0.25) is 0 Å². The molecule has 1 unspecified atom stereocenters. The minimum Gasteiger partial charge on any atom is -0.371 e. The highest BCUT2D eigenvalue weighted by Crippen LogP contribution is 2.12. The van der Waals surface area contributed by atoms with Crippen molar-refractivity contribution in [3.05, 3.63) is 0 Å². The maximum atomic E-state index is 11.1. The van der Waals surface area contributed by atoms with Crippen LogP contribution >= 0.6 is 0 Å². The maximum Gasteiger partial charge on any atom is 0.324 e. The Bertz CT molecular complexity index is 225. The van der Waals surface area contributed by atoms with E-state index >= 15 is 0 Å². The summed E-state index contributed by atoms with van der Waals surface area (Å²) in [5, 5.41) is 2.26. The molecule has 2 heterocycles. The van der Waals surface area contributed by atoms with Gasteiger partial charge in [0.25, 0.3) is 0 Å². The second-order valence-corrected chi connectivity index (χ2v) is 3.00. The second kappa shape index (κ2) is 2.75. The maximum absolute atomic E-state index is 11.1. The molecule has 2 aliphatic heterocycles. The molecule has 2 saturated heterocycles. The first-order valence-corrected chi connectivity index (χ1v) is 3.96. The van der Waals surface area contributed by atoms with Gasteiger partial charge in [0.15, 0.2) is 0 Å². The van der Waals surface area contributed by atoms with Gasteiger partial charge in [0.1, 0.15) is 0 Å². The van der Waals surface area contributed by atoms with Crippen LogP contribution in [-0.2, 0) is 9.53 Å². The molecular formula is C7H10N2O3.